The molecule has 0 radical (unpaired) electrons. The first-order valence-electron chi connectivity index (χ1n) is 12.2. The van der Waals surface area contributed by atoms with Crippen LogP contribution in [0.2, 0.25) is 0 Å². The van der Waals surface area contributed by atoms with Gasteiger partial charge in [-0.2, -0.15) is 0 Å². The summed E-state index contributed by atoms with van der Waals surface area (Å²) in [4.78, 5) is 24.4. The second-order valence-electron chi connectivity index (χ2n) is 9.53. The summed E-state index contributed by atoms with van der Waals surface area (Å²) in [5, 5.41) is 14.0. The molecule has 1 aliphatic heterocycles. The van der Waals surface area contributed by atoms with Gasteiger partial charge < -0.3 is 30.4 Å². The fraction of sp³-hybridized carbons (Fsp3) is 0.500. The number of ether oxygens (including phenoxy) is 3. The number of nitrogens with two attached hydrogens (primary N) is 1. The molecule has 1 aromatic rings. The van der Waals surface area contributed by atoms with E-state index in [1.54, 1.807) is 39.2 Å². The summed E-state index contributed by atoms with van der Waals surface area (Å²) < 4.78 is 16.6. The number of carbonyl (C=O) groups excluding carboxylic acids is 2. The van der Waals surface area contributed by atoms with Crippen LogP contribution in [0.4, 0.5) is 10.5 Å². The van der Waals surface area contributed by atoms with Gasteiger partial charge in [0.05, 0.1) is 12.2 Å². The first kappa shape index (κ1) is 29.3. The standard InChI is InChI=1S/C28H40N2O6/c1-17-13-21-10-8-11-22(16-21)30-27(32)18(2)9-7-12-23(34-5)26(36-28(29)33)20(4)15-19(3)25(31)24(14-17)35-6/h7-12,15-17,19,23-26,31H,13-14H2,1-6H3,(H2,29,33)(H,30,32)/b12-7-,18-9+,20-15+/t17-,19+,23+,24+,25-,26+/m1/s1. The number of hydrogen-bond acceptors (Lipinski definition) is 6. The molecule has 36 heavy (non-hydrogen) atoms. The van der Waals surface area contributed by atoms with Gasteiger partial charge in [-0.15, -0.1) is 0 Å². The maximum atomic E-state index is 12.7. The molecule has 198 valence electrons. The van der Waals surface area contributed by atoms with Crippen molar-refractivity contribution in [3.05, 3.63) is 65.3 Å². The van der Waals surface area contributed by atoms with Gasteiger partial charge in [-0.25, -0.2) is 4.79 Å². The first-order chi connectivity index (χ1) is 17.0. The fourth-order valence-electron chi connectivity index (χ4n) is 4.44. The number of nitrogens with one attached hydrogen (secondary N) is 1. The monoisotopic (exact) mass is 500 g/mol. The highest BCUT2D eigenvalue weighted by Crippen LogP contribution is 2.25. The number of methoxy groups -OCH3 is 2. The second-order valence-corrected chi connectivity index (χ2v) is 9.53. The number of fused-ring (bicyclic) bond motifs is 2. The quantitative estimate of drug-likeness (QED) is 0.537. The van der Waals surface area contributed by atoms with Gasteiger partial charge in [-0.3, -0.25) is 4.79 Å². The zero-order valence-electron chi connectivity index (χ0n) is 22.1. The molecule has 0 fully saturated rings. The number of primary amides is 1. The molecule has 1 heterocycles. The Bertz CT molecular complexity index is 986. The van der Waals surface area contributed by atoms with Crippen molar-refractivity contribution in [1.82, 2.24) is 0 Å². The van der Waals surface area contributed by atoms with Crippen molar-refractivity contribution in [2.24, 2.45) is 17.6 Å². The molecule has 0 saturated heterocycles. The van der Waals surface area contributed by atoms with E-state index < -0.39 is 30.5 Å². The Morgan fingerprint density at radius 2 is 1.89 bits per heavy atom. The van der Waals surface area contributed by atoms with Crippen LogP contribution in [0.15, 0.2) is 59.7 Å². The largest absolute Gasteiger partial charge is 0.439 e. The maximum absolute atomic E-state index is 12.7. The Morgan fingerprint density at radius 3 is 2.53 bits per heavy atom. The van der Waals surface area contributed by atoms with Crippen LogP contribution in [0.3, 0.4) is 0 Å². The van der Waals surface area contributed by atoms with E-state index in [1.807, 2.05) is 37.3 Å². The highest BCUT2D eigenvalue weighted by molar-refractivity contribution is 6.03. The van der Waals surface area contributed by atoms with Gasteiger partial charge in [-0.1, -0.05) is 50.3 Å². The van der Waals surface area contributed by atoms with E-state index in [2.05, 4.69) is 12.2 Å². The molecule has 8 nitrogen and oxygen atoms in total. The lowest BCUT2D eigenvalue weighted by Crippen LogP contribution is -2.37. The third-order valence-corrected chi connectivity index (χ3v) is 6.42. The van der Waals surface area contributed by atoms with Gasteiger partial charge in [-0.05, 0) is 55.9 Å². The maximum Gasteiger partial charge on any atom is 0.405 e. The molecule has 6 atom stereocenters. The summed E-state index contributed by atoms with van der Waals surface area (Å²) in [6.45, 7) is 7.51. The second kappa shape index (κ2) is 14.0. The van der Waals surface area contributed by atoms with Crippen molar-refractivity contribution in [2.45, 2.75) is 65.0 Å². The van der Waals surface area contributed by atoms with Crippen LogP contribution in [0.25, 0.3) is 0 Å². The minimum absolute atomic E-state index is 0.213. The van der Waals surface area contributed by atoms with E-state index in [9.17, 15) is 14.7 Å². The number of hydrogen-bond donors (Lipinski definition) is 3. The van der Waals surface area contributed by atoms with Gasteiger partial charge in [0.2, 0.25) is 0 Å². The summed E-state index contributed by atoms with van der Waals surface area (Å²) in [7, 11) is 3.08. The minimum atomic E-state index is -0.939. The van der Waals surface area contributed by atoms with Crippen LogP contribution in [0.5, 0.6) is 0 Å². The summed E-state index contributed by atoms with van der Waals surface area (Å²) in [6, 6.07) is 7.75. The average molecular weight is 501 g/mol. The molecule has 0 spiro atoms. The normalized spacial score (nSPS) is 32.4. The Morgan fingerprint density at radius 1 is 1.17 bits per heavy atom. The van der Waals surface area contributed by atoms with Crippen molar-refractivity contribution < 1.29 is 28.9 Å². The summed E-state index contributed by atoms with van der Waals surface area (Å²) in [5.41, 5.74) is 8.30. The highest BCUT2D eigenvalue weighted by atomic mass is 16.6. The lowest BCUT2D eigenvalue weighted by Gasteiger charge is -2.29. The number of anilines is 1. The number of benzene rings is 1. The van der Waals surface area contributed by atoms with Crippen LogP contribution in [0, 0.1) is 11.8 Å². The number of rotatable bonds is 3. The minimum Gasteiger partial charge on any atom is -0.439 e. The van der Waals surface area contributed by atoms with E-state index in [4.69, 9.17) is 19.9 Å². The van der Waals surface area contributed by atoms with Gasteiger partial charge in [0.25, 0.3) is 5.91 Å². The molecule has 0 aliphatic carbocycles. The molecule has 8 heteroatoms. The fourth-order valence-corrected chi connectivity index (χ4v) is 4.44. The van der Waals surface area contributed by atoms with E-state index >= 15 is 0 Å². The molecule has 4 N–H and O–H groups in total. The Kier molecular flexibility index (Phi) is 11.4. The topological polar surface area (TPSA) is 120 Å². The van der Waals surface area contributed by atoms with Crippen molar-refractivity contribution in [3.63, 3.8) is 0 Å². The van der Waals surface area contributed by atoms with Crippen molar-refractivity contribution in [1.29, 1.82) is 0 Å². The molecule has 0 unspecified atom stereocenters. The SMILES string of the molecule is CO[C@H]1/C=C\C=C(/C)C(=O)Nc2cccc(c2)C[C@@H](C)C[C@H](OC)[C@H](O)[C@@H](C)/C=C(\C)[C@@H]1OC(N)=O. The molecule has 1 aliphatic rings. The Balaban J connectivity index is 2.49. The smallest absolute Gasteiger partial charge is 0.405 e. The Hall–Kier alpha value is -2.94. The predicted molar refractivity (Wildman–Crippen MR) is 140 cm³/mol. The molecule has 2 bridgehead atoms. The van der Waals surface area contributed by atoms with E-state index in [-0.39, 0.29) is 17.7 Å². The molecule has 1 aromatic carbocycles. The zero-order valence-corrected chi connectivity index (χ0v) is 22.1. The number of aliphatic hydroxyl groups is 1. The number of allylic oxidation sites excluding steroid dienone is 2. The van der Waals surface area contributed by atoms with Crippen molar-refractivity contribution in [3.8, 4) is 0 Å². The number of aliphatic hydroxyl groups excluding tert-OH is 1. The van der Waals surface area contributed by atoms with Crippen LogP contribution >= 0.6 is 0 Å². The van der Waals surface area contributed by atoms with Crippen LogP contribution in [0.1, 0.15) is 39.7 Å². The average Bonchev–Trinajstić information content (AvgIpc) is 2.82. The van der Waals surface area contributed by atoms with Gasteiger partial charge in [0.1, 0.15) is 6.10 Å². The van der Waals surface area contributed by atoms with Crippen LogP contribution < -0.4 is 11.1 Å². The lowest BCUT2D eigenvalue weighted by molar-refractivity contribution is -0.112. The van der Waals surface area contributed by atoms with Crippen molar-refractivity contribution in [2.75, 3.05) is 19.5 Å². The molecule has 0 saturated carbocycles. The van der Waals surface area contributed by atoms with E-state index in [0.29, 0.717) is 23.3 Å². The van der Waals surface area contributed by atoms with Gasteiger partial charge in [0.15, 0.2) is 6.10 Å². The number of carbonyl (C=O) groups is 2. The molecule has 2 amide bonds. The summed E-state index contributed by atoms with van der Waals surface area (Å²) in [5.74, 6) is -0.310. The van der Waals surface area contributed by atoms with Crippen molar-refractivity contribution >= 4 is 17.7 Å². The van der Waals surface area contributed by atoms with E-state index in [0.717, 1.165) is 12.0 Å². The Labute approximate surface area is 214 Å². The third kappa shape index (κ3) is 8.62. The summed E-state index contributed by atoms with van der Waals surface area (Å²) >= 11 is 0. The number of amides is 2. The lowest BCUT2D eigenvalue weighted by atomic mass is 9.88. The first-order valence-corrected chi connectivity index (χ1v) is 12.2. The highest BCUT2D eigenvalue weighted by Gasteiger charge is 2.29. The molecule has 2 rings (SSSR count). The zero-order chi connectivity index (χ0) is 26.8. The van der Waals surface area contributed by atoms with E-state index in [1.165, 1.54) is 7.11 Å². The van der Waals surface area contributed by atoms with Crippen LogP contribution in [-0.2, 0) is 25.4 Å². The van der Waals surface area contributed by atoms with Crippen LogP contribution in [-0.4, -0.2) is 55.7 Å². The summed E-state index contributed by atoms with van der Waals surface area (Å²) in [6.07, 6.45) is 4.69. The van der Waals surface area contributed by atoms with Gasteiger partial charge >= 0.3 is 6.09 Å². The third-order valence-electron chi connectivity index (χ3n) is 6.42. The molecular formula is C28H40N2O6. The van der Waals surface area contributed by atoms with Gasteiger partial charge in [0, 0.05) is 31.4 Å². The molecular weight excluding hydrogens is 460 g/mol. The predicted octanol–water partition coefficient (Wildman–Crippen LogP) is 4.15. The molecule has 0 aromatic heterocycles.